The molecule has 0 atom stereocenters. The summed E-state index contributed by atoms with van der Waals surface area (Å²) in [6.45, 7) is 5.60. The molecule has 1 aromatic carbocycles. The summed E-state index contributed by atoms with van der Waals surface area (Å²) in [5.41, 5.74) is -5.14. The fourth-order valence-electron chi connectivity index (χ4n) is 3.48. The van der Waals surface area contributed by atoms with Gasteiger partial charge in [-0.2, -0.15) is 13.2 Å². The van der Waals surface area contributed by atoms with Crippen molar-refractivity contribution in [3.63, 3.8) is 0 Å². The molecule has 0 saturated carbocycles. The summed E-state index contributed by atoms with van der Waals surface area (Å²) in [4.78, 5) is 55.6. The van der Waals surface area contributed by atoms with Gasteiger partial charge < -0.3 is 15.5 Å². The number of alkyl halides is 3. The fourth-order valence-corrected chi connectivity index (χ4v) is 4.01. The number of halogens is 3. The van der Waals surface area contributed by atoms with Crippen LogP contribution in [0.2, 0.25) is 0 Å². The third kappa shape index (κ3) is 6.10. The number of rotatable bonds is 6. The van der Waals surface area contributed by atoms with Crippen LogP contribution in [0.4, 0.5) is 35.3 Å². The maximum Gasteiger partial charge on any atom is 0.446 e. The number of thioether (sulfide) groups is 1. The van der Waals surface area contributed by atoms with Gasteiger partial charge in [-0.3, -0.25) is 14.4 Å². The summed E-state index contributed by atoms with van der Waals surface area (Å²) in [5, 5.41) is 5.03. The summed E-state index contributed by atoms with van der Waals surface area (Å²) in [6, 6.07) is 7.27. The Balaban J connectivity index is 1.91. The Hall–Kier alpha value is -3.61. The highest BCUT2D eigenvalue weighted by molar-refractivity contribution is 8.00. The topological polar surface area (TPSA) is 112 Å². The Kier molecular flexibility index (Phi) is 7.11. The summed E-state index contributed by atoms with van der Waals surface area (Å²) in [6.07, 6.45) is 0. The molecule has 1 fully saturated rings. The molecule has 5 amide bonds. The third-order valence-electron chi connectivity index (χ3n) is 4.99. The number of carbonyl (C=O) groups is 4. The average molecular weight is 510 g/mol. The largest absolute Gasteiger partial charge is 0.446 e. The van der Waals surface area contributed by atoms with Crippen molar-refractivity contribution in [1.29, 1.82) is 0 Å². The van der Waals surface area contributed by atoms with Gasteiger partial charge in [-0.1, -0.05) is 0 Å². The smallest absolute Gasteiger partial charge is 0.311 e. The van der Waals surface area contributed by atoms with E-state index in [1.54, 1.807) is 13.8 Å². The van der Waals surface area contributed by atoms with E-state index in [1.165, 1.54) is 55.1 Å². The molecule has 0 aliphatic carbocycles. The first-order valence-electron chi connectivity index (χ1n) is 10.3. The number of urea groups is 1. The van der Waals surface area contributed by atoms with E-state index in [-0.39, 0.29) is 40.5 Å². The van der Waals surface area contributed by atoms with E-state index in [9.17, 15) is 32.3 Å². The lowest BCUT2D eigenvalue weighted by atomic mass is 10.0. The van der Waals surface area contributed by atoms with Gasteiger partial charge in [0.05, 0.1) is 5.69 Å². The van der Waals surface area contributed by atoms with Crippen LogP contribution in [-0.4, -0.2) is 44.7 Å². The van der Waals surface area contributed by atoms with E-state index < -0.39 is 34.8 Å². The number of aromatic nitrogens is 1. The number of pyridine rings is 1. The molecule has 2 heterocycles. The van der Waals surface area contributed by atoms with E-state index in [2.05, 4.69) is 15.6 Å². The predicted octanol–water partition coefficient (Wildman–Crippen LogP) is 4.36. The second-order valence-electron chi connectivity index (χ2n) is 8.22. The van der Waals surface area contributed by atoms with Gasteiger partial charge in [0.15, 0.2) is 0 Å². The molecule has 0 bridgehead atoms. The molecule has 35 heavy (non-hydrogen) atoms. The van der Waals surface area contributed by atoms with Crippen molar-refractivity contribution in [3.8, 4) is 0 Å². The molecule has 1 saturated heterocycles. The Morgan fingerprint density at radius 2 is 1.51 bits per heavy atom. The Labute approximate surface area is 203 Å². The van der Waals surface area contributed by atoms with Crippen molar-refractivity contribution >= 4 is 52.8 Å². The molecule has 9 nitrogen and oxygen atoms in total. The molecule has 13 heteroatoms. The van der Waals surface area contributed by atoms with Crippen LogP contribution in [0.25, 0.3) is 0 Å². The summed E-state index contributed by atoms with van der Waals surface area (Å²) in [7, 11) is 0. The number of nitrogens with one attached hydrogen (secondary N) is 2. The summed E-state index contributed by atoms with van der Waals surface area (Å²) in [5.74, 6) is -1.06. The standard InChI is InChI=1S/C22H22F3N5O4S/c1-12(31)26-17-9-14(10-18(28-17)27-13(2)32)11-29-20(34)30(19(33)21(29,3)4)15-5-7-16(8-6-15)35-22(23,24)25/h5-10H,11H2,1-4H3,(H2,26,27,28,31,32). The lowest BCUT2D eigenvalue weighted by molar-refractivity contribution is -0.123. The normalized spacial score (nSPS) is 15.4. The van der Waals surface area contributed by atoms with Gasteiger partial charge in [-0.15, -0.1) is 0 Å². The van der Waals surface area contributed by atoms with Crippen molar-refractivity contribution in [2.75, 3.05) is 15.5 Å². The first-order valence-corrected chi connectivity index (χ1v) is 11.1. The third-order valence-corrected chi connectivity index (χ3v) is 5.73. The van der Waals surface area contributed by atoms with E-state index in [4.69, 9.17) is 0 Å². The van der Waals surface area contributed by atoms with Gasteiger partial charge in [-0.25, -0.2) is 14.7 Å². The zero-order valence-corrected chi connectivity index (χ0v) is 20.0. The van der Waals surface area contributed by atoms with Crippen molar-refractivity contribution < 1.29 is 32.3 Å². The lowest BCUT2D eigenvalue weighted by Crippen LogP contribution is -2.43. The number of imide groups is 1. The minimum atomic E-state index is -4.46. The maximum atomic E-state index is 13.3. The van der Waals surface area contributed by atoms with Gasteiger partial charge in [-0.05, 0) is 67.6 Å². The van der Waals surface area contributed by atoms with Crippen molar-refractivity contribution in [2.24, 2.45) is 0 Å². The number of nitrogens with zero attached hydrogens (tertiary/aromatic N) is 3. The second-order valence-corrected chi connectivity index (χ2v) is 9.36. The zero-order chi connectivity index (χ0) is 26.1. The Bertz CT molecular complexity index is 1150. The molecule has 186 valence electrons. The highest BCUT2D eigenvalue weighted by atomic mass is 32.2. The first-order chi connectivity index (χ1) is 16.2. The van der Waals surface area contributed by atoms with Crippen LogP contribution in [0.1, 0.15) is 33.3 Å². The number of hydrogen-bond donors (Lipinski definition) is 2. The monoisotopic (exact) mass is 509 g/mol. The van der Waals surface area contributed by atoms with E-state index in [1.807, 2.05) is 0 Å². The van der Waals surface area contributed by atoms with Gasteiger partial charge in [0, 0.05) is 25.3 Å². The van der Waals surface area contributed by atoms with Crippen molar-refractivity contribution in [2.45, 2.75) is 50.2 Å². The second kappa shape index (κ2) is 9.56. The lowest BCUT2D eigenvalue weighted by Gasteiger charge is -2.28. The molecule has 0 unspecified atom stereocenters. The SMILES string of the molecule is CC(=O)Nc1cc(CN2C(=O)N(c3ccc(SC(F)(F)F)cc3)C(=O)C2(C)C)cc(NC(C)=O)n1. The van der Waals surface area contributed by atoms with Gasteiger partial charge in [0.25, 0.3) is 5.91 Å². The van der Waals surface area contributed by atoms with Crippen LogP contribution in [0.15, 0.2) is 41.3 Å². The number of benzene rings is 1. The van der Waals surface area contributed by atoms with E-state index >= 15 is 0 Å². The van der Waals surface area contributed by atoms with Crippen LogP contribution >= 0.6 is 11.8 Å². The fraction of sp³-hybridized carbons (Fsp3) is 0.318. The molecule has 1 aliphatic heterocycles. The van der Waals surface area contributed by atoms with E-state index in [0.717, 1.165) is 4.90 Å². The number of anilines is 3. The number of carbonyl (C=O) groups excluding carboxylic acids is 4. The Morgan fingerprint density at radius 3 is 1.97 bits per heavy atom. The van der Waals surface area contributed by atoms with Crippen LogP contribution < -0.4 is 15.5 Å². The quantitative estimate of drug-likeness (QED) is 0.442. The molecular weight excluding hydrogens is 487 g/mol. The molecule has 0 spiro atoms. The van der Waals surface area contributed by atoms with Crippen LogP contribution in [0.5, 0.6) is 0 Å². The molecule has 1 aromatic heterocycles. The van der Waals surface area contributed by atoms with Gasteiger partial charge in [0.2, 0.25) is 11.8 Å². The minimum Gasteiger partial charge on any atom is -0.311 e. The minimum absolute atomic E-state index is 0.0717. The van der Waals surface area contributed by atoms with Gasteiger partial charge >= 0.3 is 11.5 Å². The highest BCUT2D eigenvalue weighted by Crippen LogP contribution is 2.39. The molecule has 0 radical (unpaired) electrons. The number of amides is 5. The van der Waals surface area contributed by atoms with Gasteiger partial charge in [0.1, 0.15) is 17.2 Å². The zero-order valence-electron chi connectivity index (χ0n) is 19.2. The molecule has 2 N–H and O–H groups in total. The molecule has 1 aliphatic rings. The molecule has 3 rings (SSSR count). The first kappa shape index (κ1) is 26.0. The number of hydrogen-bond acceptors (Lipinski definition) is 6. The van der Waals surface area contributed by atoms with Crippen LogP contribution in [0, 0.1) is 0 Å². The highest BCUT2D eigenvalue weighted by Gasteiger charge is 2.51. The summed E-state index contributed by atoms with van der Waals surface area (Å²) < 4.78 is 37.8. The summed E-state index contributed by atoms with van der Waals surface area (Å²) >= 11 is -0.298. The van der Waals surface area contributed by atoms with E-state index in [0.29, 0.717) is 5.56 Å². The van der Waals surface area contributed by atoms with Crippen LogP contribution in [-0.2, 0) is 20.9 Å². The average Bonchev–Trinajstić information content (AvgIpc) is 2.86. The van der Waals surface area contributed by atoms with Crippen LogP contribution in [0.3, 0.4) is 0 Å². The molecular formula is C22H22F3N5O4S. The maximum absolute atomic E-state index is 13.3. The predicted molar refractivity (Wildman–Crippen MR) is 124 cm³/mol. The molecule has 2 aromatic rings. The van der Waals surface area contributed by atoms with Crippen molar-refractivity contribution in [1.82, 2.24) is 9.88 Å². The Morgan fingerprint density at radius 1 is 1.00 bits per heavy atom. The van der Waals surface area contributed by atoms with Crippen molar-refractivity contribution in [3.05, 3.63) is 42.0 Å².